The topological polar surface area (TPSA) is 41.6 Å². The molecule has 1 saturated heterocycles. The highest BCUT2D eigenvalue weighted by molar-refractivity contribution is 6.33. The van der Waals surface area contributed by atoms with Gasteiger partial charge in [0.2, 0.25) is 0 Å². The predicted octanol–water partition coefficient (Wildman–Crippen LogP) is 4.71. The molecule has 1 N–H and O–H groups in total. The van der Waals surface area contributed by atoms with Gasteiger partial charge in [-0.2, -0.15) is 0 Å². The van der Waals surface area contributed by atoms with Crippen molar-refractivity contribution in [2.75, 3.05) is 25.0 Å². The Balaban J connectivity index is 1.79. The molecule has 0 saturated carbocycles. The van der Waals surface area contributed by atoms with Crippen LogP contribution in [0.25, 0.3) is 0 Å². The van der Waals surface area contributed by atoms with E-state index in [9.17, 15) is 4.79 Å². The SMILES string of the molecule is Cc1ccc(Cl)c(NCC2CCN(C(=O)OC(C)(C)C)CC2)c1. The standard InChI is InChI=1S/C18H27ClN2O2/c1-13-5-6-15(19)16(11-13)20-12-14-7-9-21(10-8-14)17(22)23-18(2,3)4/h5-6,11,14,20H,7-10,12H2,1-4H3. The third-order valence-electron chi connectivity index (χ3n) is 3.97. The summed E-state index contributed by atoms with van der Waals surface area (Å²) in [5.74, 6) is 0.547. The van der Waals surface area contributed by atoms with Crippen LogP contribution in [0.3, 0.4) is 0 Å². The molecule has 1 fully saturated rings. The van der Waals surface area contributed by atoms with E-state index >= 15 is 0 Å². The number of rotatable bonds is 3. The summed E-state index contributed by atoms with van der Waals surface area (Å²) < 4.78 is 5.42. The van der Waals surface area contributed by atoms with E-state index < -0.39 is 5.60 Å². The molecule has 2 rings (SSSR count). The molecule has 0 spiro atoms. The lowest BCUT2D eigenvalue weighted by molar-refractivity contribution is 0.0188. The number of anilines is 1. The lowest BCUT2D eigenvalue weighted by Crippen LogP contribution is -2.42. The van der Waals surface area contributed by atoms with Gasteiger partial charge in [0.05, 0.1) is 10.7 Å². The van der Waals surface area contributed by atoms with Crippen LogP contribution in [0.1, 0.15) is 39.2 Å². The average Bonchev–Trinajstić information content (AvgIpc) is 2.47. The van der Waals surface area contributed by atoms with Gasteiger partial charge in [0, 0.05) is 19.6 Å². The summed E-state index contributed by atoms with van der Waals surface area (Å²) in [6.45, 7) is 10.1. The maximum absolute atomic E-state index is 12.1. The third-order valence-corrected chi connectivity index (χ3v) is 4.30. The number of carbonyl (C=O) groups excluding carboxylic acids is 1. The van der Waals surface area contributed by atoms with Crippen LogP contribution in [0, 0.1) is 12.8 Å². The Hall–Kier alpha value is -1.42. The van der Waals surface area contributed by atoms with Crippen molar-refractivity contribution in [3.05, 3.63) is 28.8 Å². The summed E-state index contributed by atoms with van der Waals surface area (Å²) in [5.41, 5.74) is 1.75. The number of piperidine rings is 1. The van der Waals surface area contributed by atoms with Crippen molar-refractivity contribution < 1.29 is 9.53 Å². The van der Waals surface area contributed by atoms with Gasteiger partial charge >= 0.3 is 6.09 Å². The molecule has 0 atom stereocenters. The highest BCUT2D eigenvalue weighted by Crippen LogP contribution is 2.25. The van der Waals surface area contributed by atoms with E-state index in [1.54, 1.807) is 4.90 Å². The van der Waals surface area contributed by atoms with E-state index in [0.717, 1.165) is 43.2 Å². The monoisotopic (exact) mass is 338 g/mol. The summed E-state index contributed by atoms with van der Waals surface area (Å²) in [6.07, 6.45) is 1.76. The van der Waals surface area contributed by atoms with Crippen molar-refractivity contribution >= 4 is 23.4 Å². The summed E-state index contributed by atoms with van der Waals surface area (Å²) in [7, 11) is 0. The Labute approximate surface area is 144 Å². The Kier molecular flexibility index (Phi) is 5.79. The number of hydrogen-bond donors (Lipinski definition) is 1. The Morgan fingerprint density at radius 3 is 2.61 bits per heavy atom. The highest BCUT2D eigenvalue weighted by Gasteiger charge is 2.26. The van der Waals surface area contributed by atoms with Crippen molar-refractivity contribution in [3.63, 3.8) is 0 Å². The lowest BCUT2D eigenvalue weighted by atomic mass is 9.97. The first-order valence-corrected chi connectivity index (χ1v) is 8.60. The largest absolute Gasteiger partial charge is 0.444 e. The van der Waals surface area contributed by atoms with Gasteiger partial charge in [-0.1, -0.05) is 17.7 Å². The van der Waals surface area contributed by atoms with Crippen molar-refractivity contribution in [2.24, 2.45) is 5.92 Å². The van der Waals surface area contributed by atoms with E-state index in [1.165, 1.54) is 5.56 Å². The van der Waals surface area contributed by atoms with E-state index in [0.29, 0.717) is 5.92 Å². The molecule has 0 bridgehead atoms. The van der Waals surface area contributed by atoms with Crippen molar-refractivity contribution in [1.29, 1.82) is 0 Å². The normalized spacial score (nSPS) is 16.3. The molecule has 0 aliphatic carbocycles. The van der Waals surface area contributed by atoms with Crippen LogP contribution in [0.2, 0.25) is 5.02 Å². The summed E-state index contributed by atoms with van der Waals surface area (Å²) in [6, 6.07) is 6.00. The van der Waals surface area contributed by atoms with Gasteiger partial charge in [-0.05, 0) is 64.2 Å². The molecule has 1 aromatic rings. The zero-order valence-corrected chi connectivity index (χ0v) is 15.2. The fraction of sp³-hybridized carbons (Fsp3) is 0.611. The molecule has 1 heterocycles. The van der Waals surface area contributed by atoms with E-state index in [4.69, 9.17) is 16.3 Å². The number of halogens is 1. The van der Waals surface area contributed by atoms with Gasteiger partial charge in [0.1, 0.15) is 5.60 Å². The molecule has 1 aliphatic rings. The number of likely N-dealkylation sites (tertiary alicyclic amines) is 1. The number of amides is 1. The predicted molar refractivity (Wildman–Crippen MR) is 95.2 cm³/mol. The van der Waals surface area contributed by atoms with Crippen LogP contribution < -0.4 is 5.32 Å². The lowest BCUT2D eigenvalue weighted by Gasteiger charge is -2.33. The quantitative estimate of drug-likeness (QED) is 0.868. The number of aryl methyl sites for hydroxylation is 1. The number of ether oxygens (including phenoxy) is 1. The molecule has 128 valence electrons. The molecular weight excluding hydrogens is 312 g/mol. The molecule has 1 aromatic carbocycles. The number of hydrogen-bond acceptors (Lipinski definition) is 3. The van der Waals surface area contributed by atoms with Crippen LogP contribution in [0.4, 0.5) is 10.5 Å². The zero-order valence-electron chi connectivity index (χ0n) is 14.5. The maximum Gasteiger partial charge on any atom is 0.410 e. The second kappa shape index (κ2) is 7.43. The van der Waals surface area contributed by atoms with E-state index in [1.807, 2.05) is 32.9 Å². The van der Waals surface area contributed by atoms with Gasteiger partial charge in [-0.15, -0.1) is 0 Å². The first kappa shape index (κ1) is 17.9. The van der Waals surface area contributed by atoms with Crippen LogP contribution in [0.15, 0.2) is 18.2 Å². The van der Waals surface area contributed by atoms with Crippen LogP contribution in [-0.4, -0.2) is 36.2 Å². The summed E-state index contributed by atoms with van der Waals surface area (Å²) in [5, 5.41) is 4.19. The number of benzene rings is 1. The van der Waals surface area contributed by atoms with E-state index in [2.05, 4.69) is 18.3 Å². The van der Waals surface area contributed by atoms with Crippen LogP contribution in [-0.2, 0) is 4.74 Å². The number of nitrogens with zero attached hydrogens (tertiary/aromatic N) is 1. The number of nitrogens with one attached hydrogen (secondary N) is 1. The minimum Gasteiger partial charge on any atom is -0.444 e. The van der Waals surface area contributed by atoms with Gasteiger partial charge in [0.15, 0.2) is 0 Å². The summed E-state index contributed by atoms with van der Waals surface area (Å²) >= 11 is 6.21. The van der Waals surface area contributed by atoms with Crippen LogP contribution >= 0.6 is 11.6 Å². The summed E-state index contributed by atoms with van der Waals surface area (Å²) in [4.78, 5) is 13.9. The Bertz CT molecular complexity index is 546. The van der Waals surface area contributed by atoms with Gasteiger partial charge in [-0.3, -0.25) is 0 Å². The Morgan fingerprint density at radius 1 is 1.35 bits per heavy atom. The molecule has 1 aliphatic heterocycles. The molecular formula is C18H27ClN2O2. The van der Waals surface area contributed by atoms with Crippen molar-refractivity contribution in [1.82, 2.24) is 4.90 Å². The minimum absolute atomic E-state index is 0.203. The fourth-order valence-corrected chi connectivity index (χ4v) is 2.86. The smallest absolute Gasteiger partial charge is 0.410 e. The second-order valence-electron chi connectivity index (χ2n) is 7.27. The van der Waals surface area contributed by atoms with Crippen molar-refractivity contribution in [3.8, 4) is 0 Å². The minimum atomic E-state index is -0.433. The van der Waals surface area contributed by atoms with Gasteiger partial charge in [0.25, 0.3) is 0 Å². The third kappa shape index (κ3) is 5.61. The maximum atomic E-state index is 12.1. The first-order chi connectivity index (χ1) is 10.7. The molecule has 0 radical (unpaired) electrons. The first-order valence-electron chi connectivity index (χ1n) is 8.22. The highest BCUT2D eigenvalue weighted by atomic mass is 35.5. The zero-order chi connectivity index (χ0) is 17.0. The fourth-order valence-electron chi connectivity index (χ4n) is 2.68. The van der Waals surface area contributed by atoms with Crippen LogP contribution in [0.5, 0.6) is 0 Å². The molecule has 5 heteroatoms. The Morgan fingerprint density at radius 2 is 2.00 bits per heavy atom. The second-order valence-corrected chi connectivity index (χ2v) is 7.68. The average molecular weight is 339 g/mol. The molecule has 0 aromatic heterocycles. The van der Waals surface area contributed by atoms with Crippen molar-refractivity contribution in [2.45, 2.75) is 46.1 Å². The number of carbonyl (C=O) groups is 1. The molecule has 1 amide bonds. The van der Waals surface area contributed by atoms with Gasteiger partial charge in [-0.25, -0.2) is 4.79 Å². The van der Waals surface area contributed by atoms with Gasteiger partial charge < -0.3 is 15.0 Å². The molecule has 0 unspecified atom stereocenters. The molecule has 23 heavy (non-hydrogen) atoms. The molecule has 4 nitrogen and oxygen atoms in total. The van der Waals surface area contributed by atoms with E-state index in [-0.39, 0.29) is 6.09 Å².